The topological polar surface area (TPSA) is 98.7 Å². The minimum absolute atomic E-state index is 0.245. The number of sulfonamides is 1. The van der Waals surface area contributed by atoms with Crippen LogP contribution in [0.1, 0.15) is 65.6 Å². The normalized spacial score (nSPS) is 19.7. The first-order chi connectivity index (χ1) is 20.9. The standard InChI is InChI=1S/C33H36F3N3O4S/c1-22(20-39-16-15-27(40)21-39)24-13-14-29-25(17-24)9-5-12-30(29)37-32(41)19-31(23-7-3-2-4-8-23)38-44(42,43)28-11-6-10-26(18-28)33(34,35)36/h2-4,6-8,10-11,13-14,17-18,27,30-31,38,40H,1,5,9,12,15-16,19-21H2,(H,37,41)/t27-,30+,31?/m0/s1. The van der Waals surface area contributed by atoms with Gasteiger partial charge in [0.05, 0.1) is 28.6 Å². The average Bonchev–Trinajstić information content (AvgIpc) is 3.40. The summed E-state index contributed by atoms with van der Waals surface area (Å²) in [5.74, 6) is -0.385. The van der Waals surface area contributed by atoms with E-state index in [9.17, 15) is 31.5 Å². The van der Waals surface area contributed by atoms with Crippen LogP contribution in [0, 0.1) is 0 Å². The van der Waals surface area contributed by atoms with Gasteiger partial charge in [-0.05, 0) is 71.7 Å². The molecule has 3 N–H and O–H groups in total. The Morgan fingerprint density at radius 3 is 2.52 bits per heavy atom. The summed E-state index contributed by atoms with van der Waals surface area (Å²) in [6.45, 7) is 6.40. The van der Waals surface area contributed by atoms with Crippen molar-refractivity contribution in [2.75, 3.05) is 19.6 Å². The van der Waals surface area contributed by atoms with Crippen molar-refractivity contribution in [3.05, 3.63) is 107 Å². The first-order valence-corrected chi connectivity index (χ1v) is 16.1. The molecule has 3 aromatic rings. The number of likely N-dealkylation sites (tertiary alicyclic amines) is 1. The number of carbonyl (C=O) groups is 1. The second kappa shape index (κ2) is 13.2. The van der Waals surface area contributed by atoms with Crippen LogP contribution in [-0.4, -0.2) is 50.1 Å². The van der Waals surface area contributed by atoms with Crippen LogP contribution < -0.4 is 10.0 Å². The monoisotopic (exact) mass is 627 g/mol. The fourth-order valence-corrected chi connectivity index (χ4v) is 7.22. The van der Waals surface area contributed by atoms with Gasteiger partial charge in [-0.25, -0.2) is 13.1 Å². The highest BCUT2D eigenvalue weighted by Gasteiger charge is 2.33. The molecule has 2 aliphatic rings. The van der Waals surface area contributed by atoms with E-state index >= 15 is 0 Å². The Hall–Kier alpha value is -3.51. The molecule has 1 aliphatic heterocycles. The lowest BCUT2D eigenvalue weighted by molar-refractivity contribution is -0.137. The Kier molecular flexibility index (Phi) is 9.59. The van der Waals surface area contributed by atoms with E-state index in [0.717, 1.165) is 72.7 Å². The molecule has 1 unspecified atom stereocenters. The summed E-state index contributed by atoms with van der Waals surface area (Å²) in [7, 11) is -4.40. The number of halogens is 3. The van der Waals surface area contributed by atoms with Crippen LogP contribution in [-0.2, 0) is 27.4 Å². The van der Waals surface area contributed by atoms with E-state index in [4.69, 9.17) is 0 Å². The summed E-state index contributed by atoms with van der Waals surface area (Å²) >= 11 is 0. The van der Waals surface area contributed by atoms with E-state index in [1.54, 1.807) is 30.3 Å². The number of alkyl halides is 3. The van der Waals surface area contributed by atoms with Gasteiger partial charge in [-0.1, -0.05) is 61.2 Å². The molecule has 3 aromatic carbocycles. The molecule has 234 valence electrons. The SMILES string of the molecule is C=C(CN1CC[C@H](O)C1)c1ccc2c(c1)CCC[C@H]2NC(=O)CC(NS(=O)(=O)c1cccc(C(F)(F)F)c1)c1ccccc1. The van der Waals surface area contributed by atoms with Gasteiger partial charge in [0.1, 0.15) is 0 Å². The molecule has 1 amide bonds. The maximum atomic E-state index is 13.4. The smallest absolute Gasteiger partial charge is 0.392 e. The van der Waals surface area contributed by atoms with Crippen LogP contribution >= 0.6 is 0 Å². The van der Waals surface area contributed by atoms with Crippen molar-refractivity contribution in [1.82, 2.24) is 14.9 Å². The van der Waals surface area contributed by atoms with Crippen LogP contribution in [0.2, 0.25) is 0 Å². The highest BCUT2D eigenvalue weighted by atomic mass is 32.2. The number of rotatable bonds is 10. The Balaban J connectivity index is 1.30. The van der Waals surface area contributed by atoms with E-state index in [1.807, 2.05) is 12.1 Å². The number of amides is 1. The van der Waals surface area contributed by atoms with Gasteiger partial charge in [0.25, 0.3) is 0 Å². The quantitative estimate of drug-likeness (QED) is 0.280. The summed E-state index contributed by atoms with van der Waals surface area (Å²) in [5, 5.41) is 12.9. The second-order valence-corrected chi connectivity index (χ2v) is 13.2. The third kappa shape index (κ3) is 7.76. The number of fused-ring (bicyclic) bond motifs is 1. The predicted molar refractivity (Wildman–Crippen MR) is 162 cm³/mol. The Labute approximate surface area is 255 Å². The largest absolute Gasteiger partial charge is 0.416 e. The van der Waals surface area contributed by atoms with Crippen LogP contribution in [0.3, 0.4) is 0 Å². The zero-order chi connectivity index (χ0) is 31.5. The lowest BCUT2D eigenvalue weighted by atomic mass is 9.85. The van der Waals surface area contributed by atoms with Crippen molar-refractivity contribution in [2.24, 2.45) is 0 Å². The molecule has 0 radical (unpaired) electrons. The summed E-state index contributed by atoms with van der Waals surface area (Å²) in [6, 6.07) is 16.8. The van der Waals surface area contributed by atoms with Crippen molar-refractivity contribution in [3.8, 4) is 0 Å². The molecule has 1 aliphatic carbocycles. The molecular formula is C33H36F3N3O4S. The minimum Gasteiger partial charge on any atom is -0.392 e. The highest BCUT2D eigenvalue weighted by Crippen LogP contribution is 2.33. The number of nitrogens with one attached hydrogen (secondary N) is 2. The van der Waals surface area contributed by atoms with Crippen molar-refractivity contribution in [1.29, 1.82) is 0 Å². The predicted octanol–water partition coefficient (Wildman–Crippen LogP) is 5.39. The number of aliphatic hydroxyl groups excluding tert-OH is 1. The number of nitrogens with zero attached hydrogens (tertiary/aromatic N) is 1. The number of benzene rings is 3. The lowest BCUT2D eigenvalue weighted by Gasteiger charge is -2.28. The Morgan fingerprint density at radius 2 is 1.82 bits per heavy atom. The molecule has 3 atom stereocenters. The van der Waals surface area contributed by atoms with Crippen molar-refractivity contribution in [2.45, 2.75) is 61.4 Å². The van der Waals surface area contributed by atoms with Gasteiger partial charge in [-0.3, -0.25) is 9.69 Å². The zero-order valence-electron chi connectivity index (χ0n) is 24.2. The fraction of sp³-hybridized carbons (Fsp3) is 0.364. The summed E-state index contributed by atoms with van der Waals surface area (Å²) in [5.41, 5.74) is 3.53. The molecule has 0 saturated carbocycles. The van der Waals surface area contributed by atoms with Gasteiger partial charge in [0.2, 0.25) is 15.9 Å². The second-order valence-electron chi connectivity index (χ2n) is 11.5. The highest BCUT2D eigenvalue weighted by molar-refractivity contribution is 7.89. The first-order valence-electron chi connectivity index (χ1n) is 14.6. The van der Waals surface area contributed by atoms with Gasteiger partial charge in [-0.15, -0.1) is 0 Å². The van der Waals surface area contributed by atoms with Crippen LogP contribution in [0.25, 0.3) is 5.57 Å². The lowest BCUT2D eigenvalue weighted by Crippen LogP contribution is -2.36. The van der Waals surface area contributed by atoms with Gasteiger partial charge in [-0.2, -0.15) is 13.2 Å². The molecule has 0 aromatic heterocycles. The fourth-order valence-electron chi connectivity index (χ4n) is 5.95. The zero-order valence-corrected chi connectivity index (χ0v) is 25.0. The molecule has 0 spiro atoms. The third-order valence-electron chi connectivity index (χ3n) is 8.22. The first kappa shape index (κ1) is 31.9. The maximum absolute atomic E-state index is 13.4. The minimum atomic E-state index is -4.70. The molecule has 11 heteroatoms. The molecule has 44 heavy (non-hydrogen) atoms. The molecule has 1 fully saturated rings. The van der Waals surface area contributed by atoms with Gasteiger partial charge < -0.3 is 10.4 Å². The van der Waals surface area contributed by atoms with Crippen LogP contribution in [0.15, 0.2) is 84.3 Å². The molecule has 7 nitrogen and oxygen atoms in total. The molecular weight excluding hydrogens is 591 g/mol. The van der Waals surface area contributed by atoms with Crippen molar-refractivity contribution >= 4 is 21.5 Å². The molecule has 5 rings (SSSR count). The number of aliphatic hydroxyl groups is 1. The number of aryl methyl sites for hydroxylation is 1. The summed E-state index contributed by atoms with van der Waals surface area (Å²) < 4.78 is 68.6. The maximum Gasteiger partial charge on any atom is 0.416 e. The van der Waals surface area contributed by atoms with Gasteiger partial charge in [0, 0.05) is 26.1 Å². The van der Waals surface area contributed by atoms with Crippen LogP contribution in [0.5, 0.6) is 0 Å². The van der Waals surface area contributed by atoms with E-state index in [-0.39, 0.29) is 24.5 Å². The summed E-state index contributed by atoms with van der Waals surface area (Å²) in [4.78, 5) is 15.0. The van der Waals surface area contributed by atoms with Gasteiger partial charge >= 0.3 is 6.18 Å². The number of hydrogen-bond acceptors (Lipinski definition) is 5. The van der Waals surface area contributed by atoms with E-state index in [2.05, 4.69) is 27.6 Å². The van der Waals surface area contributed by atoms with Crippen LogP contribution in [0.4, 0.5) is 13.2 Å². The Bertz CT molecular complexity index is 1610. The van der Waals surface area contributed by atoms with Gasteiger partial charge in [0.15, 0.2) is 0 Å². The third-order valence-corrected chi connectivity index (χ3v) is 9.69. The van der Waals surface area contributed by atoms with E-state index < -0.39 is 32.7 Å². The van der Waals surface area contributed by atoms with Crippen molar-refractivity contribution < 1.29 is 31.5 Å². The van der Waals surface area contributed by atoms with E-state index in [0.29, 0.717) is 24.7 Å². The molecule has 1 heterocycles. The molecule has 1 saturated heterocycles. The van der Waals surface area contributed by atoms with E-state index in [1.165, 1.54) is 0 Å². The Morgan fingerprint density at radius 1 is 1.05 bits per heavy atom. The number of hydrogen-bond donors (Lipinski definition) is 3. The number of β-amino-alcohol motifs (C(OH)–C–C–N with tert-alkyl or cyclic N) is 1. The van der Waals surface area contributed by atoms with Crippen molar-refractivity contribution in [3.63, 3.8) is 0 Å². The number of carbonyl (C=O) groups excluding carboxylic acids is 1. The molecule has 0 bridgehead atoms. The summed E-state index contributed by atoms with van der Waals surface area (Å²) in [6.07, 6.45) is -2.05. The average molecular weight is 628 g/mol.